The van der Waals surface area contributed by atoms with E-state index in [0.717, 1.165) is 11.1 Å². The third-order valence-electron chi connectivity index (χ3n) is 4.30. The molecular weight excluding hydrogens is 467 g/mol. The maximum Gasteiger partial charge on any atom is 0.417 e. The third kappa shape index (κ3) is 5.08. The van der Waals surface area contributed by atoms with Gasteiger partial charge >= 0.3 is 12.2 Å². The minimum atomic E-state index is -4.85. The van der Waals surface area contributed by atoms with Crippen molar-refractivity contribution in [1.82, 2.24) is 20.0 Å². The van der Waals surface area contributed by atoms with Gasteiger partial charge in [0.05, 0.1) is 28.4 Å². The summed E-state index contributed by atoms with van der Waals surface area (Å²) in [6.45, 7) is 6.68. The van der Waals surface area contributed by atoms with E-state index in [4.69, 9.17) is 5.73 Å². The Hall–Kier alpha value is -3.62. The highest BCUT2D eigenvalue weighted by molar-refractivity contribution is 7.92. The van der Waals surface area contributed by atoms with Gasteiger partial charge in [-0.1, -0.05) is 6.58 Å². The van der Waals surface area contributed by atoms with Crippen molar-refractivity contribution in [3.05, 3.63) is 40.2 Å². The number of fused-ring (bicyclic) bond motifs is 1. The summed E-state index contributed by atoms with van der Waals surface area (Å²) in [6.07, 6.45) is -2.88. The quantitative estimate of drug-likeness (QED) is 0.463. The van der Waals surface area contributed by atoms with E-state index in [0.29, 0.717) is 12.3 Å². The number of urea groups is 1. The second-order valence-electron chi connectivity index (χ2n) is 6.69. The molecule has 0 radical (unpaired) electrons. The molecule has 33 heavy (non-hydrogen) atoms. The summed E-state index contributed by atoms with van der Waals surface area (Å²) in [6, 6.07) is 0.243. The van der Waals surface area contributed by atoms with Crippen LogP contribution in [0.15, 0.2) is 28.6 Å². The van der Waals surface area contributed by atoms with Crippen molar-refractivity contribution < 1.29 is 26.4 Å². The molecule has 0 aliphatic carbocycles. The number of aromatic nitrogens is 2. The number of hydrazone groups is 1. The fraction of sp³-hybridized carbons (Fsp3) is 0.333. The van der Waals surface area contributed by atoms with Gasteiger partial charge in [-0.2, -0.15) is 22.9 Å². The Kier molecular flexibility index (Phi) is 7.06. The van der Waals surface area contributed by atoms with Gasteiger partial charge in [-0.05, 0) is 26.0 Å². The number of carbonyl (C=O) groups excluding carboxylic acids is 1. The molecule has 3 N–H and O–H groups in total. The maximum atomic E-state index is 13.8. The largest absolute Gasteiger partial charge is 0.417 e. The highest BCUT2D eigenvalue weighted by atomic mass is 32.2. The molecule has 0 unspecified atom stereocenters. The molecule has 11 nitrogen and oxygen atoms in total. The number of hydrogen-bond acceptors (Lipinski definition) is 8. The van der Waals surface area contributed by atoms with Crippen molar-refractivity contribution in [1.29, 1.82) is 0 Å². The summed E-state index contributed by atoms with van der Waals surface area (Å²) in [7, 11) is -3.04. The lowest BCUT2D eigenvalue weighted by Crippen LogP contribution is -2.54. The molecular formula is C18H22F3N7O4S. The van der Waals surface area contributed by atoms with Gasteiger partial charge in [0.1, 0.15) is 0 Å². The van der Waals surface area contributed by atoms with E-state index in [9.17, 15) is 31.2 Å². The van der Waals surface area contributed by atoms with Crippen molar-refractivity contribution in [3.63, 3.8) is 0 Å². The first-order valence-corrected chi connectivity index (χ1v) is 11.1. The van der Waals surface area contributed by atoms with Crippen LogP contribution >= 0.6 is 0 Å². The fourth-order valence-electron chi connectivity index (χ4n) is 2.92. The summed E-state index contributed by atoms with van der Waals surface area (Å²) < 4.78 is 66.1. The molecule has 2 rings (SSSR count). The normalized spacial score (nSPS) is 12.2. The molecule has 1 aromatic heterocycles. The number of hydrogen-bond donors (Lipinski definition) is 2. The molecule has 0 atom stereocenters. The Bertz CT molecular complexity index is 1300. The Labute approximate surface area is 187 Å². The van der Waals surface area contributed by atoms with Crippen molar-refractivity contribution in [2.75, 3.05) is 30.0 Å². The minimum Gasteiger partial charge on any atom is -0.368 e. The van der Waals surface area contributed by atoms with Gasteiger partial charge < -0.3 is 11.1 Å². The van der Waals surface area contributed by atoms with E-state index in [1.165, 1.54) is 20.2 Å². The summed E-state index contributed by atoms with van der Waals surface area (Å²) in [4.78, 5) is 29.3. The average molecular weight is 489 g/mol. The number of nitrogens with zero attached hydrogens (tertiary/aromatic N) is 5. The van der Waals surface area contributed by atoms with Crippen LogP contribution in [-0.4, -0.2) is 55.2 Å². The van der Waals surface area contributed by atoms with Crippen LogP contribution in [0.25, 0.3) is 16.6 Å². The second kappa shape index (κ2) is 9.09. The van der Waals surface area contributed by atoms with Crippen molar-refractivity contribution in [2.45, 2.75) is 20.0 Å². The summed E-state index contributed by atoms with van der Waals surface area (Å²) in [5, 5.41) is 6.70. The van der Waals surface area contributed by atoms with E-state index >= 15 is 0 Å². The fourth-order valence-corrected chi connectivity index (χ4v) is 3.74. The average Bonchev–Trinajstić information content (AvgIpc) is 2.68. The van der Waals surface area contributed by atoms with Crippen LogP contribution in [0.1, 0.15) is 25.0 Å². The van der Waals surface area contributed by atoms with Crippen LogP contribution in [0, 0.1) is 0 Å². The van der Waals surface area contributed by atoms with Crippen LogP contribution in [0.2, 0.25) is 0 Å². The second-order valence-corrected chi connectivity index (χ2v) is 8.50. The van der Waals surface area contributed by atoms with E-state index in [-0.39, 0.29) is 21.3 Å². The van der Waals surface area contributed by atoms with Gasteiger partial charge in [0.2, 0.25) is 5.95 Å². The number of benzene rings is 1. The first kappa shape index (κ1) is 25.6. The zero-order chi connectivity index (χ0) is 25.3. The molecule has 0 fully saturated rings. The highest BCUT2D eigenvalue weighted by Crippen LogP contribution is 2.37. The van der Waals surface area contributed by atoms with Gasteiger partial charge in [-0.15, -0.1) is 4.41 Å². The molecule has 2 aromatic rings. The lowest BCUT2D eigenvalue weighted by molar-refractivity contribution is -0.137. The highest BCUT2D eigenvalue weighted by Gasteiger charge is 2.36. The number of amides is 2. The van der Waals surface area contributed by atoms with Crippen LogP contribution in [0.4, 0.5) is 23.9 Å². The van der Waals surface area contributed by atoms with E-state index in [2.05, 4.69) is 22.0 Å². The number of rotatable bonds is 6. The topological polar surface area (TPSA) is 143 Å². The SMILES string of the molecule is C=C(c1cc2c(=O)n(N(C(=O)NCC)S(C)(=O)=O)c(N)nc2cc1C(F)(F)F)N(C)N=CC. The Morgan fingerprint density at radius 2 is 2.00 bits per heavy atom. The van der Waals surface area contributed by atoms with Gasteiger partial charge in [0.15, 0.2) is 0 Å². The number of anilines is 1. The molecule has 2 amide bonds. The van der Waals surface area contributed by atoms with Crippen LogP contribution in [0.5, 0.6) is 0 Å². The molecule has 1 heterocycles. The smallest absolute Gasteiger partial charge is 0.368 e. The minimum absolute atomic E-state index is 0.0176. The van der Waals surface area contributed by atoms with E-state index in [1.807, 2.05) is 0 Å². The standard InChI is InChI=1S/C18H22F3N7O4S/c1-6-23-17(30)28(33(5,31)32)27-15(29)12-8-11(10(3)26(4)24-7-2)13(18(19,20)21)9-14(12)25-16(27)22/h7-9H,3,6H2,1-2,4-5H3,(H2,22,25)(H,23,30). The van der Waals surface area contributed by atoms with Crippen molar-refractivity contribution in [2.24, 2.45) is 5.10 Å². The van der Waals surface area contributed by atoms with Gasteiger partial charge in [0.25, 0.3) is 15.6 Å². The molecule has 0 aliphatic rings. The molecule has 0 bridgehead atoms. The van der Waals surface area contributed by atoms with E-state index in [1.54, 1.807) is 6.92 Å². The molecule has 180 valence electrons. The van der Waals surface area contributed by atoms with Crippen LogP contribution < -0.4 is 21.0 Å². The lowest BCUT2D eigenvalue weighted by Gasteiger charge is -2.24. The molecule has 1 aromatic carbocycles. The number of alkyl halides is 3. The van der Waals surface area contributed by atoms with Crippen molar-refractivity contribution >= 4 is 44.8 Å². The number of sulfonamides is 1. The maximum absolute atomic E-state index is 13.8. The summed E-state index contributed by atoms with van der Waals surface area (Å²) in [5.74, 6) is -0.809. The lowest BCUT2D eigenvalue weighted by atomic mass is 10.0. The molecule has 0 saturated heterocycles. The Balaban J connectivity index is 2.97. The Morgan fingerprint density at radius 1 is 1.39 bits per heavy atom. The van der Waals surface area contributed by atoms with Gasteiger partial charge in [-0.3, -0.25) is 9.80 Å². The number of nitrogen functional groups attached to an aromatic ring is 1. The molecule has 0 saturated carbocycles. The number of nitrogens with one attached hydrogen (secondary N) is 1. The predicted octanol–water partition coefficient (Wildman–Crippen LogP) is 1.53. The Morgan fingerprint density at radius 3 is 2.48 bits per heavy atom. The number of carbonyl (C=O) groups is 1. The summed E-state index contributed by atoms with van der Waals surface area (Å²) >= 11 is 0. The van der Waals surface area contributed by atoms with Crippen LogP contribution in [0.3, 0.4) is 0 Å². The summed E-state index contributed by atoms with van der Waals surface area (Å²) in [5.41, 5.74) is 2.21. The van der Waals surface area contributed by atoms with Crippen molar-refractivity contribution in [3.8, 4) is 0 Å². The molecule has 0 spiro atoms. The van der Waals surface area contributed by atoms with Crippen LogP contribution in [-0.2, 0) is 16.2 Å². The number of nitrogens with two attached hydrogens (primary N) is 1. The zero-order valence-corrected chi connectivity index (χ0v) is 19.0. The first-order valence-electron chi connectivity index (χ1n) is 9.28. The monoisotopic (exact) mass is 489 g/mol. The molecule has 15 heteroatoms. The first-order chi connectivity index (χ1) is 15.1. The third-order valence-corrected chi connectivity index (χ3v) is 5.26. The number of halogens is 3. The van der Waals surface area contributed by atoms with Gasteiger partial charge in [0, 0.05) is 25.4 Å². The zero-order valence-electron chi connectivity index (χ0n) is 18.1. The van der Waals surface area contributed by atoms with E-state index < -0.39 is 55.8 Å². The molecule has 0 aliphatic heterocycles. The predicted molar refractivity (Wildman–Crippen MR) is 119 cm³/mol. The van der Waals surface area contributed by atoms with Gasteiger partial charge in [-0.25, -0.2) is 18.2 Å².